The Morgan fingerprint density at radius 2 is 2.08 bits per heavy atom. The van der Waals surface area contributed by atoms with Crippen molar-refractivity contribution in [1.29, 1.82) is 0 Å². The number of ether oxygens (including phenoxy) is 1. The van der Waals surface area contributed by atoms with E-state index in [2.05, 4.69) is 4.98 Å². The van der Waals surface area contributed by atoms with E-state index in [1.165, 1.54) is 0 Å². The first-order chi connectivity index (χ1) is 12.2. The summed E-state index contributed by atoms with van der Waals surface area (Å²) in [4.78, 5) is 30.2. The predicted molar refractivity (Wildman–Crippen MR) is 103 cm³/mol. The number of amides is 1. The standard InChI is InChI=1S/C21H28N2O3/c1-14-7-8-18-15(10-14)11-16(19(24)22-18)12-23(20(25)21(2,3)4)13-17-6-5-9-26-17/h7-8,10-11,17H,5-6,9,12-13H2,1-4H3,(H,22,24). The molecule has 0 spiro atoms. The van der Waals surface area contributed by atoms with Gasteiger partial charge in [0.15, 0.2) is 0 Å². The van der Waals surface area contributed by atoms with E-state index in [4.69, 9.17) is 4.74 Å². The molecule has 3 rings (SSSR count). The third kappa shape index (κ3) is 4.15. The number of aromatic amines is 1. The van der Waals surface area contributed by atoms with Gasteiger partial charge in [0.25, 0.3) is 5.56 Å². The highest BCUT2D eigenvalue weighted by molar-refractivity contribution is 5.82. The number of fused-ring (bicyclic) bond motifs is 1. The molecule has 5 heteroatoms. The maximum atomic E-state index is 12.9. The highest BCUT2D eigenvalue weighted by atomic mass is 16.5. The van der Waals surface area contributed by atoms with E-state index < -0.39 is 5.41 Å². The fourth-order valence-corrected chi connectivity index (χ4v) is 3.42. The van der Waals surface area contributed by atoms with Gasteiger partial charge in [-0.1, -0.05) is 32.4 Å². The number of pyridine rings is 1. The summed E-state index contributed by atoms with van der Waals surface area (Å²) in [7, 11) is 0. The molecule has 1 unspecified atom stereocenters. The van der Waals surface area contributed by atoms with Crippen molar-refractivity contribution < 1.29 is 9.53 Å². The van der Waals surface area contributed by atoms with E-state index in [1.54, 1.807) is 4.90 Å². The van der Waals surface area contributed by atoms with Crippen LogP contribution in [0.2, 0.25) is 0 Å². The van der Waals surface area contributed by atoms with E-state index in [0.717, 1.165) is 35.9 Å². The van der Waals surface area contributed by atoms with Crippen molar-refractivity contribution in [2.75, 3.05) is 13.2 Å². The molecule has 1 saturated heterocycles. The van der Waals surface area contributed by atoms with Gasteiger partial charge < -0.3 is 14.6 Å². The van der Waals surface area contributed by atoms with Crippen molar-refractivity contribution in [3.8, 4) is 0 Å². The summed E-state index contributed by atoms with van der Waals surface area (Å²) >= 11 is 0. The summed E-state index contributed by atoms with van der Waals surface area (Å²) < 4.78 is 5.72. The number of hydrogen-bond donors (Lipinski definition) is 1. The van der Waals surface area contributed by atoms with Crippen molar-refractivity contribution in [3.63, 3.8) is 0 Å². The molecule has 1 aromatic carbocycles. The highest BCUT2D eigenvalue weighted by Gasteiger charge is 2.30. The number of hydrogen-bond acceptors (Lipinski definition) is 3. The molecule has 26 heavy (non-hydrogen) atoms. The zero-order chi connectivity index (χ0) is 18.9. The molecule has 1 aliphatic heterocycles. The van der Waals surface area contributed by atoms with Gasteiger partial charge in [0.1, 0.15) is 0 Å². The van der Waals surface area contributed by atoms with Crippen molar-refractivity contribution in [1.82, 2.24) is 9.88 Å². The lowest BCUT2D eigenvalue weighted by Gasteiger charge is -2.31. The molecule has 1 fully saturated rings. The number of aryl methyl sites for hydroxylation is 1. The number of rotatable bonds is 4. The summed E-state index contributed by atoms with van der Waals surface area (Å²) in [6.45, 7) is 9.33. The molecule has 2 heterocycles. The summed E-state index contributed by atoms with van der Waals surface area (Å²) in [5.41, 5.74) is 1.92. The average molecular weight is 356 g/mol. The van der Waals surface area contributed by atoms with Crippen LogP contribution in [0.25, 0.3) is 10.9 Å². The Morgan fingerprint density at radius 1 is 1.31 bits per heavy atom. The third-order valence-electron chi connectivity index (χ3n) is 4.81. The zero-order valence-electron chi connectivity index (χ0n) is 16.1. The topological polar surface area (TPSA) is 62.4 Å². The van der Waals surface area contributed by atoms with E-state index in [9.17, 15) is 9.59 Å². The Balaban J connectivity index is 1.92. The first-order valence-electron chi connectivity index (χ1n) is 9.27. The minimum Gasteiger partial charge on any atom is -0.376 e. The van der Waals surface area contributed by atoms with Crippen LogP contribution in [-0.4, -0.2) is 35.0 Å². The largest absolute Gasteiger partial charge is 0.376 e. The Hall–Kier alpha value is -2.14. The molecule has 2 aromatic rings. The molecular formula is C21H28N2O3. The molecule has 0 bridgehead atoms. The zero-order valence-corrected chi connectivity index (χ0v) is 16.1. The Morgan fingerprint density at radius 3 is 2.73 bits per heavy atom. The molecule has 1 N–H and O–H groups in total. The van der Waals surface area contributed by atoms with Crippen LogP contribution in [-0.2, 0) is 16.1 Å². The Kier molecular flexibility index (Phi) is 5.19. The van der Waals surface area contributed by atoms with Crippen LogP contribution >= 0.6 is 0 Å². The minimum absolute atomic E-state index is 0.0386. The van der Waals surface area contributed by atoms with Crippen molar-refractivity contribution in [2.45, 2.75) is 53.2 Å². The quantitative estimate of drug-likeness (QED) is 0.913. The van der Waals surface area contributed by atoms with E-state index in [-0.39, 0.29) is 17.6 Å². The van der Waals surface area contributed by atoms with Gasteiger partial charge in [-0.3, -0.25) is 9.59 Å². The van der Waals surface area contributed by atoms with Crippen LogP contribution < -0.4 is 5.56 Å². The lowest BCUT2D eigenvalue weighted by molar-refractivity contribution is -0.141. The molecule has 1 aromatic heterocycles. The van der Waals surface area contributed by atoms with E-state index in [0.29, 0.717) is 18.7 Å². The molecular weight excluding hydrogens is 328 g/mol. The number of H-pyrrole nitrogens is 1. The summed E-state index contributed by atoms with van der Waals surface area (Å²) in [5, 5.41) is 0.986. The number of nitrogens with zero attached hydrogens (tertiary/aromatic N) is 1. The molecule has 5 nitrogen and oxygen atoms in total. The number of carbonyl (C=O) groups is 1. The Labute approximate surface area is 154 Å². The second kappa shape index (κ2) is 7.23. The minimum atomic E-state index is -0.501. The predicted octanol–water partition coefficient (Wildman–Crippen LogP) is 3.39. The normalized spacial score (nSPS) is 17.6. The van der Waals surface area contributed by atoms with Gasteiger partial charge >= 0.3 is 0 Å². The smallest absolute Gasteiger partial charge is 0.253 e. The van der Waals surface area contributed by atoms with Crippen molar-refractivity contribution in [3.05, 3.63) is 45.7 Å². The van der Waals surface area contributed by atoms with Gasteiger partial charge in [-0.2, -0.15) is 0 Å². The van der Waals surface area contributed by atoms with Crippen LogP contribution in [0.4, 0.5) is 0 Å². The van der Waals surface area contributed by atoms with Gasteiger partial charge in [-0.05, 0) is 43.4 Å². The third-order valence-corrected chi connectivity index (χ3v) is 4.81. The first kappa shape index (κ1) is 18.6. The Bertz CT molecular complexity index is 858. The number of carbonyl (C=O) groups excluding carboxylic acids is 1. The summed E-state index contributed by atoms with van der Waals surface area (Å²) in [5.74, 6) is 0.0386. The van der Waals surface area contributed by atoms with Crippen molar-refractivity contribution >= 4 is 16.8 Å². The van der Waals surface area contributed by atoms with Gasteiger partial charge in [-0.15, -0.1) is 0 Å². The number of nitrogens with one attached hydrogen (secondary N) is 1. The van der Waals surface area contributed by atoms with Crippen molar-refractivity contribution in [2.24, 2.45) is 5.41 Å². The number of aromatic nitrogens is 1. The summed E-state index contributed by atoms with van der Waals surface area (Å²) in [6, 6.07) is 7.84. The lowest BCUT2D eigenvalue weighted by atomic mass is 9.94. The molecule has 0 radical (unpaired) electrons. The second-order valence-corrected chi connectivity index (χ2v) is 8.29. The van der Waals surface area contributed by atoms with E-state index in [1.807, 2.05) is 52.0 Å². The van der Waals surface area contributed by atoms with E-state index >= 15 is 0 Å². The van der Waals surface area contributed by atoms with Crippen LogP contribution in [0.5, 0.6) is 0 Å². The average Bonchev–Trinajstić information content (AvgIpc) is 3.06. The monoisotopic (exact) mass is 356 g/mol. The lowest BCUT2D eigenvalue weighted by Crippen LogP contribution is -2.43. The van der Waals surface area contributed by atoms with Gasteiger partial charge in [0, 0.05) is 29.6 Å². The highest BCUT2D eigenvalue weighted by Crippen LogP contribution is 2.22. The first-order valence-corrected chi connectivity index (χ1v) is 9.27. The van der Waals surface area contributed by atoms with Gasteiger partial charge in [0.2, 0.25) is 5.91 Å². The fourth-order valence-electron chi connectivity index (χ4n) is 3.42. The summed E-state index contributed by atoms with van der Waals surface area (Å²) in [6.07, 6.45) is 2.04. The SMILES string of the molecule is Cc1ccc2[nH]c(=O)c(CN(CC3CCCO3)C(=O)C(C)(C)C)cc2c1. The molecule has 1 aliphatic rings. The fraction of sp³-hybridized carbons (Fsp3) is 0.524. The second-order valence-electron chi connectivity index (χ2n) is 8.29. The molecule has 1 atom stereocenters. The van der Waals surface area contributed by atoms with Gasteiger partial charge in [-0.25, -0.2) is 0 Å². The van der Waals surface area contributed by atoms with Gasteiger partial charge in [0.05, 0.1) is 12.6 Å². The van der Waals surface area contributed by atoms with Crippen LogP contribution in [0, 0.1) is 12.3 Å². The van der Waals surface area contributed by atoms with Crippen LogP contribution in [0.3, 0.4) is 0 Å². The van der Waals surface area contributed by atoms with Crippen LogP contribution in [0.1, 0.15) is 44.7 Å². The number of benzene rings is 1. The molecule has 0 aliphatic carbocycles. The molecule has 140 valence electrons. The maximum Gasteiger partial charge on any atom is 0.253 e. The van der Waals surface area contributed by atoms with Crippen LogP contribution in [0.15, 0.2) is 29.1 Å². The molecule has 0 saturated carbocycles. The maximum absolute atomic E-state index is 12.9. The molecule has 1 amide bonds.